The Morgan fingerprint density at radius 1 is 1.04 bits per heavy atom. The molecule has 2 aromatic carbocycles. The molecule has 0 aromatic heterocycles. The van der Waals surface area contributed by atoms with E-state index in [9.17, 15) is 13.2 Å². The van der Waals surface area contributed by atoms with Gasteiger partial charge in [-0.05, 0) is 49.9 Å². The van der Waals surface area contributed by atoms with Gasteiger partial charge in [0, 0.05) is 19.5 Å². The van der Waals surface area contributed by atoms with E-state index in [0.717, 1.165) is 16.7 Å². The Morgan fingerprint density at radius 2 is 1.70 bits per heavy atom. The van der Waals surface area contributed by atoms with Crippen molar-refractivity contribution in [1.29, 1.82) is 0 Å². The van der Waals surface area contributed by atoms with E-state index >= 15 is 0 Å². The largest absolute Gasteiger partial charge is 0.352 e. The fraction of sp³-hybridized carbons (Fsp3) is 0.381. The van der Waals surface area contributed by atoms with Crippen molar-refractivity contribution in [2.75, 3.05) is 17.1 Å². The lowest BCUT2D eigenvalue weighted by molar-refractivity contribution is -0.121. The number of amides is 1. The first-order valence-corrected chi connectivity index (χ1v) is 10.9. The third kappa shape index (κ3) is 6.10. The van der Waals surface area contributed by atoms with Gasteiger partial charge in [-0.2, -0.15) is 0 Å². The maximum Gasteiger partial charge on any atom is 0.232 e. The number of sulfonamides is 1. The van der Waals surface area contributed by atoms with Crippen LogP contribution in [0.3, 0.4) is 0 Å². The van der Waals surface area contributed by atoms with Gasteiger partial charge in [-0.25, -0.2) is 8.42 Å². The zero-order valence-electron chi connectivity index (χ0n) is 16.5. The topological polar surface area (TPSA) is 66.5 Å². The van der Waals surface area contributed by atoms with Crippen molar-refractivity contribution in [2.45, 2.75) is 40.2 Å². The summed E-state index contributed by atoms with van der Waals surface area (Å²) in [4.78, 5) is 12.1. The summed E-state index contributed by atoms with van der Waals surface area (Å²) in [5, 5.41) is 2.88. The van der Waals surface area contributed by atoms with E-state index in [-0.39, 0.29) is 18.9 Å². The number of nitrogens with one attached hydrogen (secondary N) is 1. The van der Waals surface area contributed by atoms with Crippen LogP contribution in [0.15, 0.2) is 42.5 Å². The minimum absolute atomic E-state index is 0.0787. The molecule has 1 N–H and O–H groups in total. The van der Waals surface area contributed by atoms with Crippen LogP contribution in [0.4, 0.5) is 5.69 Å². The summed E-state index contributed by atoms with van der Waals surface area (Å²) < 4.78 is 25.9. The summed E-state index contributed by atoms with van der Waals surface area (Å²) in [5.74, 6) is -0.0787. The molecule has 0 saturated heterocycles. The third-order valence-corrected chi connectivity index (χ3v) is 5.80. The Bertz CT molecular complexity index is 890. The van der Waals surface area contributed by atoms with E-state index in [4.69, 9.17) is 0 Å². The molecule has 0 atom stereocenters. The average molecular weight is 389 g/mol. The molecule has 6 heteroatoms. The van der Waals surface area contributed by atoms with Crippen molar-refractivity contribution in [2.24, 2.45) is 0 Å². The standard InChI is InChI=1S/C21H28N2O3S/c1-16-10-12-19(13-11-16)15-22-21(24)9-6-14-23(27(4,25)26)20-8-5-7-17(2)18(20)3/h5,7-8,10-13H,6,9,14-15H2,1-4H3,(H,22,24). The fourth-order valence-electron chi connectivity index (χ4n) is 2.85. The highest BCUT2D eigenvalue weighted by Gasteiger charge is 2.19. The molecule has 0 aliphatic rings. The van der Waals surface area contributed by atoms with E-state index in [1.807, 2.05) is 57.2 Å². The molecular formula is C21H28N2O3S. The number of benzene rings is 2. The summed E-state index contributed by atoms with van der Waals surface area (Å²) >= 11 is 0. The smallest absolute Gasteiger partial charge is 0.232 e. The second-order valence-electron chi connectivity index (χ2n) is 6.92. The normalized spacial score (nSPS) is 11.3. The molecule has 0 fully saturated rings. The van der Waals surface area contributed by atoms with Crippen molar-refractivity contribution in [3.63, 3.8) is 0 Å². The van der Waals surface area contributed by atoms with Gasteiger partial charge in [0.15, 0.2) is 0 Å². The van der Waals surface area contributed by atoms with Gasteiger partial charge < -0.3 is 5.32 Å². The van der Waals surface area contributed by atoms with Gasteiger partial charge in [0.25, 0.3) is 0 Å². The van der Waals surface area contributed by atoms with Crippen LogP contribution >= 0.6 is 0 Å². The van der Waals surface area contributed by atoms with Crippen molar-refractivity contribution >= 4 is 21.6 Å². The Hall–Kier alpha value is -2.34. The first kappa shape index (κ1) is 21.0. The van der Waals surface area contributed by atoms with Gasteiger partial charge in [0.1, 0.15) is 0 Å². The molecular weight excluding hydrogens is 360 g/mol. The third-order valence-electron chi connectivity index (χ3n) is 4.62. The van der Waals surface area contributed by atoms with Crippen LogP contribution in [0.5, 0.6) is 0 Å². The number of carbonyl (C=O) groups excluding carboxylic acids is 1. The van der Waals surface area contributed by atoms with E-state index in [1.165, 1.54) is 16.1 Å². The molecule has 5 nitrogen and oxygen atoms in total. The van der Waals surface area contributed by atoms with Crippen molar-refractivity contribution in [3.8, 4) is 0 Å². The number of aryl methyl sites for hydroxylation is 2. The summed E-state index contributed by atoms with van der Waals surface area (Å²) in [6.45, 7) is 6.65. The lowest BCUT2D eigenvalue weighted by atomic mass is 10.1. The lowest BCUT2D eigenvalue weighted by Gasteiger charge is -2.24. The van der Waals surface area contributed by atoms with Crippen LogP contribution in [-0.2, 0) is 21.4 Å². The van der Waals surface area contributed by atoms with E-state index in [2.05, 4.69) is 5.32 Å². The SMILES string of the molecule is Cc1ccc(CNC(=O)CCCN(c2cccc(C)c2C)S(C)(=O)=O)cc1. The summed E-state index contributed by atoms with van der Waals surface area (Å²) in [6.07, 6.45) is 1.94. The molecule has 0 radical (unpaired) electrons. The molecule has 146 valence electrons. The van der Waals surface area contributed by atoms with Gasteiger partial charge in [-0.15, -0.1) is 0 Å². The minimum Gasteiger partial charge on any atom is -0.352 e. The van der Waals surface area contributed by atoms with Crippen molar-refractivity contribution in [1.82, 2.24) is 5.32 Å². The summed E-state index contributed by atoms with van der Waals surface area (Å²) in [6, 6.07) is 13.6. The number of nitrogens with zero attached hydrogens (tertiary/aromatic N) is 1. The number of rotatable bonds is 8. The van der Waals surface area contributed by atoms with Gasteiger partial charge in [-0.3, -0.25) is 9.10 Å². The highest BCUT2D eigenvalue weighted by atomic mass is 32.2. The van der Waals surface area contributed by atoms with Crippen LogP contribution in [0, 0.1) is 20.8 Å². The van der Waals surface area contributed by atoms with Crippen molar-refractivity contribution in [3.05, 3.63) is 64.7 Å². The zero-order chi connectivity index (χ0) is 20.0. The zero-order valence-corrected chi connectivity index (χ0v) is 17.3. The van der Waals surface area contributed by atoms with Crippen LogP contribution in [0.1, 0.15) is 35.1 Å². The Morgan fingerprint density at radius 3 is 2.33 bits per heavy atom. The van der Waals surface area contributed by atoms with E-state index in [1.54, 1.807) is 6.07 Å². The molecule has 0 bridgehead atoms. The summed E-state index contributed by atoms with van der Waals surface area (Å²) in [5.41, 5.74) is 4.88. The van der Waals surface area contributed by atoms with Gasteiger partial charge >= 0.3 is 0 Å². The highest BCUT2D eigenvalue weighted by molar-refractivity contribution is 7.92. The quantitative estimate of drug-likeness (QED) is 0.753. The molecule has 2 aromatic rings. The second-order valence-corrected chi connectivity index (χ2v) is 8.83. The van der Waals surface area contributed by atoms with Crippen LogP contribution in [-0.4, -0.2) is 27.1 Å². The van der Waals surface area contributed by atoms with Crippen LogP contribution in [0.25, 0.3) is 0 Å². The Balaban J connectivity index is 1.93. The maximum atomic E-state index is 12.2. The highest BCUT2D eigenvalue weighted by Crippen LogP contribution is 2.25. The number of hydrogen-bond donors (Lipinski definition) is 1. The molecule has 27 heavy (non-hydrogen) atoms. The summed E-state index contributed by atoms with van der Waals surface area (Å²) in [7, 11) is -3.41. The van der Waals surface area contributed by atoms with Gasteiger partial charge in [-0.1, -0.05) is 42.0 Å². The number of anilines is 1. The number of hydrogen-bond acceptors (Lipinski definition) is 3. The molecule has 0 aliphatic carbocycles. The van der Waals surface area contributed by atoms with E-state index < -0.39 is 10.0 Å². The molecule has 0 heterocycles. The number of carbonyl (C=O) groups is 1. The molecule has 0 spiro atoms. The molecule has 0 unspecified atom stereocenters. The van der Waals surface area contributed by atoms with Gasteiger partial charge in [0.05, 0.1) is 11.9 Å². The maximum absolute atomic E-state index is 12.2. The molecule has 0 aliphatic heterocycles. The van der Waals surface area contributed by atoms with Crippen molar-refractivity contribution < 1.29 is 13.2 Å². The predicted octanol–water partition coefficient (Wildman–Crippen LogP) is 3.47. The monoisotopic (exact) mass is 388 g/mol. The van der Waals surface area contributed by atoms with Crippen LogP contribution < -0.4 is 9.62 Å². The Kier molecular flexibility index (Phi) is 7.02. The van der Waals surface area contributed by atoms with Gasteiger partial charge in [0.2, 0.25) is 15.9 Å². The Labute approximate surface area is 162 Å². The van der Waals surface area contributed by atoms with Crippen LogP contribution in [0.2, 0.25) is 0 Å². The minimum atomic E-state index is -3.41. The second kappa shape index (κ2) is 9.04. The first-order chi connectivity index (χ1) is 12.7. The average Bonchev–Trinajstić information content (AvgIpc) is 2.60. The molecule has 1 amide bonds. The molecule has 0 saturated carbocycles. The molecule has 2 rings (SSSR count). The lowest BCUT2D eigenvalue weighted by Crippen LogP contribution is -2.32. The fourth-order valence-corrected chi connectivity index (χ4v) is 3.86. The van der Waals surface area contributed by atoms with E-state index in [0.29, 0.717) is 18.7 Å². The first-order valence-electron chi connectivity index (χ1n) is 9.04. The predicted molar refractivity (Wildman–Crippen MR) is 110 cm³/mol.